The lowest BCUT2D eigenvalue weighted by Crippen LogP contribution is -2.60. The highest BCUT2D eigenvalue weighted by Gasteiger charge is 2.44. The number of amides is 1. The fraction of sp³-hybridized carbons (Fsp3) is 0.500. The monoisotopic (exact) mass is 418 g/mol. The Kier molecular flexibility index (Phi) is 4.90. The van der Waals surface area contributed by atoms with Gasteiger partial charge in [-0.1, -0.05) is 6.08 Å². The van der Waals surface area contributed by atoms with Crippen molar-refractivity contribution in [2.45, 2.75) is 38.0 Å². The molecular weight excluding hydrogens is 392 g/mol. The molecule has 8 nitrogen and oxygen atoms in total. The number of carbonyl (C=O) groups excluding carboxylic acids is 1. The molecule has 0 saturated carbocycles. The summed E-state index contributed by atoms with van der Waals surface area (Å²) in [5.41, 5.74) is 2.44. The Morgan fingerprint density at radius 3 is 2.72 bits per heavy atom. The molecule has 2 aromatic heterocycles. The van der Waals surface area contributed by atoms with Gasteiger partial charge in [-0.2, -0.15) is 4.31 Å². The molecule has 1 amide bonds. The molecule has 9 heteroatoms. The van der Waals surface area contributed by atoms with Gasteiger partial charge in [0.1, 0.15) is 16.5 Å². The van der Waals surface area contributed by atoms with Crippen molar-refractivity contribution in [2.24, 2.45) is 0 Å². The van der Waals surface area contributed by atoms with Gasteiger partial charge in [-0.3, -0.25) is 0 Å². The number of carbonyl (C=O) groups is 1. The Balaban J connectivity index is 1.40. The normalized spacial score (nSPS) is 19.1. The Bertz CT molecular complexity index is 1060. The molecule has 1 saturated heterocycles. The lowest BCUT2D eigenvalue weighted by atomic mass is 10.0. The fourth-order valence-electron chi connectivity index (χ4n) is 3.66. The van der Waals surface area contributed by atoms with E-state index in [4.69, 9.17) is 4.74 Å². The molecule has 2 aliphatic rings. The average molecular weight is 419 g/mol. The predicted molar refractivity (Wildman–Crippen MR) is 111 cm³/mol. The van der Waals surface area contributed by atoms with Gasteiger partial charge >= 0.3 is 6.09 Å². The lowest BCUT2D eigenvalue weighted by molar-refractivity contribution is 0.0136. The van der Waals surface area contributed by atoms with E-state index in [1.165, 1.54) is 9.21 Å². The molecular formula is C20H26N4O4S. The zero-order chi connectivity index (χ0) is 20.8. The van der Waals surface area contributed by atoms with Gasteiger partial charge < -0.3 is 14.6 Å². The smallest absolute Gasteiger partial charge is 0.410 e. The summed E-state index contributed by atoms with van der Waals surface area (Å²) in [6, 6.07) is 3.91. The molecule has 1 fully saturated rings. The van der Waals surface area contributed by atoms with Crippen LogP contribution in [0, 0.1) is 0 Å². The first-order valence-corrected chi connectivity index (χ1v) is 11.2. The van der Waals surface area contributed by atoms with Crippen LogP contribution in [0.25, 0.3) is 16.6 Å². The molecule has 0 aromatic carbocycles. The third kappa shape index (κ3) is 3.89. The number of ether oxygens (including phenoxy) is 1. The van der Waals surface area contributed by atoms with Crippen molar-refractivity contribution in [1.29, 1.82) is 0 Å². The van der Waals surface area contributed by atoms with Crippen molar-refractivity contribution >= 4 is 32.7 Å². The molecule has 0 radical (unpaired) electrons. The summed E-state index contributed by atoms with van der Waals surface area (Å²) in [5, 5.41) is 0.476. The molecule has 1 N–H and O–H groups in total. The van der Waals surface area contributed by atoms with Gasteiger partial charge in [-0.05, 0) is 44.9 Å². The molecule has 0 bridgehead atoms. The maximum absolute atomic E-state index is 12.9. The quantitative estimate of drug-likeness (QED) is 0.827. The highest BCUT2D eigenvalue weighted by Crippen LogP contribution is 2.31. The second kappa shape index (κ2) is 7.14. The Hall–Kier alpha value is -2.39. The minimum absolute atomic E-state index is 0.179. The average Bonchev–Trinajstić information content (AvgIpc) is 3.03. The highest BCUT2D eigenvalue weighted by atomic mass is 32.2. The number of aromatic nitrogens is 2. The minimum atomic E-state index is -3.45. The molecule has 156 valence electrons. The van der Waals surface area contributed by atoms with E-state index in [1.807, 2.05) is 24.4 Å². The number of hydrogen-bond donors (Lipinski definition) is 1. The summed E-state index contributed by atoms with van der Waals surface area (Å²) in [7, 11) is -3.45. The summed E-state index contributed by atoms with van der Waals surface area (Å²) in [6.07, 6.45) is 5.83. The summed E-state index contributed by atoms with van der Waals surface area (Å²) in [6.45, 7) is 6.51. The van der Waals surface area contributed by atoms with Crippen LogP contribution in [0.3, 0.4) is 0 Å². The van der Waals surface area contributed by atoms with E-state index in [1.54, 1.807) is 27.0 Å². The lowest BCUT2D eigenvalue weighted by Gasteiger charge is -2.41. The van der Waals surface area contributed by atoms with E-state index in [0.29, 0.717) is 19.5 Å². The number of nitrogens with one attached hydrogen (secondary N) is 1. The van der Waals surface area contributed by atoms with Crippen LogP contribution in [0.1, 0.15) is 32.8 Å². The van der Waals surface area contributed by atoms with Crippen molar-refractivity contribution in [2.75, 3.05) is 26.2 Å². The van der Waals surface area contributed by atoms with Crippen LogP contribution >= 0.6 is 0 Å². The SMILES string of the molecule is CC(C)(C)OC(=O)N1CC(S(=O)(=O)N2CC=C(c3c[nH]c4ncccc34)CC2)C1. The zero-order valence-corrected chi connectivity index (χ0v) is 17.7. The van der Waals surface area contributed by atoms with Crippen LogP contribution in [0.15, 0.2) is 30.6 Å². The third-order valence-corrected chi connectivity index (χ3v) is 7.44. The van der Waals surface area contributed by atoms with Crippen LogP contribution in [0.5, 0.6) is 0 Å². The van der Waals surface area contributed by atoms with Gasteiger partial charge in [-0.25, -0.2) is 18.2 Å². The highest BCUT2D eigenvalue weighted by molar-refractivity contribution is 7.89. The zero-order valence-electron chi connectivity index (χ0n) is 16.9. The van der Waals surface area contributed by atoms with E-state index in [-0.39, 0.29) is 13.1 Å². The molecule has 4 heterocycles. The van der Waals surface area contributed by atoms with E-state index < -0.39 is 27.0 Å². The van der Waals surface area contributed by atoms with Crippen LogP contribution < -0.4 is 0 Å². The molecule has 2 aromatic rings. The molecule has 2 aliphatic heterocycles. The van der Waals surface area contributed by atoms with Gasteiger partial charge in [0.05, 0.1) is 0 Å². The van der Waals surface area contributed by atoms with E-state index in [9.17, 15) is 13.2 Å². The van der Waals surface area contributed by atoms with Gasteiger partial charge in [-0.15, -0.1) is 0 Å². The first kappa shape index (κ1) is 19.9. The standard InChI is InChI=1S/C20H26N4O4S/c1-20(2,3)28-19(25)23-12-15(13-23)29(26,27)24-9-6-14(7-10-24)17-11-22-18-16(17)5-4-8-21-18/h4-6,8,11,15H,7,9-10,12-13H2,1-3H3,(H,21,22). The Morgan fingerprint density at radius 1 is 1.31 bits per heavy atom. The topological polar surface area (TPSA) is 95.6 Å². The second-order valence-electron chi connectivity index (χ2n) is 8.49. The Labute approximate surface area is 170 Å². The van der Waals surface area contributed by atoms with E-state index in [2.05, 4.69) is 9.97 Å². The van der Waals surface area contributed by atoms with Gasteiger partial charge in [0, 0.05) is 49.5 Å². The van der Waals surface area contributed by atoms with E-state index in [0.717, 1.165) is 22.2 Å². The summed E-state index contributed by atoms with van der Waals surface area (Å²) < 4.78 is 32.7. The third-order valence-electron chi connectivity index (χ3n) is 5.25. The molecule has 4 rings (SSSR count). The first-order valence-electron chi connectivity index (χ1n) is 9.73. The maximum Gasteiger partial charge on any atom is 0.410 e. The summed E-state index contributed by atoms with van der Waals surface area (Å²) in [4.78, 5) is 21.0. The van der Waals surface area contributed by atoms with Gasteiger partial charge in [0.25, 0.3) is 0 Å². The number of nitrogens with zero attached hydrogens (tertiary/aromatic N) is 3. The van der Waals surface area contributed by atoms with Gasteiger partial charge in [0.2, 0.25) is 10.0 Å². The molecule has 0 unspecified atom stereocenters. The summed E-state index contributed by atoms with van der Waals surface area (Å²) >= 11 is 0. The van der Waals surface area contributed by atoms with Crippen LogP contribution in [-0.4, -0.2) is 70.7 Å². The number of likely N-dealkylation sites (tertiary alicyclic amines) is 1. The first-order chi connectivity index (χ1) is 13.6. The van der Waals surface area contributed by atoms with E-state index >= 15 is 0 Å². The van der Waals surface area contributed by atoms with Crippen LogP contribution in [0.4, 0.5) is 4.79 Å². The summed E-state index contributed by atoms with van der Waals surface area (Å²) in [5.74, 6) is 0. The molecule has 29 heavy (non-hydrogen) atoms. The number of rotatable bonds is 3. The minimum Gasteiger partial charge on any atom is -0.444 e. The number of pyridine rings is 1. The number of H-pyrrole nitrogens is 1. The van der Waals surface area contributed by atoms with Crippen LogP contribution in [0.2, 0.25) is 0 Å². The van der Waals surface area contributed by atoms with Gasteiger partial charge in [0.15, 0.2) is 0 Å². The largest absolute Gasteiger partial charge is 0.444 e. The number of aromatic amines is 1. The van der Waals surface area contributed by atoms with Crippen molar-refractivity contribution < 1.29 is 17.9 Å². The predicted octanol–water partition coefficient (Wildman–Crippen LogP) is 2.60. The van der Waals surface area contributed by atoms with Crippen molar-refractivity contribution in [3.05, 3.63) is 36.2 Å². The maximum atomic E-state index is 12.9. The second-order valence-corrected chi connectivity index (χ2v) is 10.7. The fourth-order valence-corrected chi connectivity index (χ4v) is 5.45. The van der Waals surface area contributed by atoms with Crippen molar-refractivity contribution in [1.82, 2.24) is 19.2 Å². The number of hydrogen-bond acceptors (Lipinski definition) is 5. The van der Waals surface area contributed by atoms with Crippen LogP contribution in [-0.2, 0) is 14.8 Å². The Morgan fingerprint density at radius 2 is 2.07 bits per heavy atom. The molecule has 0 atom stereocenters. The number of fused-ring (bicyclic) bond motifs is 1. The number of sulfonamides is 1. The molecule has 0 aliphatic carbocycles. The molecule has 0 spiro atoms. The van der Waals surface area contributed by atoms with Crippen molar-refractivity contribution in [3.63, 3.8) is 0 Å². The van der Waals surface area contributed by atoms with Crippen molar-refractivity contribution in [3.8, 4) is 0 Å².